The molecule has 3 aromatic rings. The fourth-order valence-corrected chi connectivity index (χ4v) is 5.12. The third kappa shape index (κ3) is 7.43. The van der Waals surface area contributed by atoms with Crippen LogP contribution in [-0.2, 0) is 22.4 Å². The van der Waals surface area contributed by atoms with E-state index in [-0.39, 0.29) is 30.1 Å². The monoisotopic (exact) mass is 565 g/mol. The molecule has 210 valence electrons. The Balaban J connectivity index is 1.49. The van der Waals surface area contributed by atoms with Crippen molar-refractivity contribution in [3.8, 4) is 0 Å². The van der Waals surface area contributed by atoms with Gasteiger partial charge in [0.15, 0.2) is 0 Å². The number of piperazine rings is 1. The number of hydrogen-bond donors (Lipinski definition) is 2. The average molecular weight is 566 g/mol. The van der Waals surface area contributed by atoms with Gasteiger partial charge in [0.2, 0.25) is 11.8 Å². The van der Waals surface area contributed by atoms with Crippen molar-refractivity contribution in [1.82, 2.24) is 25.4 Å². The van der Waals surface area contributed by atoms with Crippen molar-refractivity contribution in [2.75, 3.05) is 26.7 Å². The molecule has 1 aromatic heterocycles. The molecule has 8 nitrogen and oxygen atoms in total. The highest BCUT2D eigenvalue weighted by Gasteiger charge is 2.36. The van der Waals surface area contributed by atoms with Gasteiger partial charge in [0.05, 0.1) is 6.04 Å². The molecular formula is C30H33ClFN5O3. The van der Waals surface area contributed by atoms with Gasteiger partial charge in [0.25, 0.3) is 5.91 Å². The largest absolute Gasteiger partial charge is 0.358 e. The van der Waals surface area contributed by atoms with Crippen LogP contribution in [0.1, 0.15) is 28.4 Å². The molecule has 0 saturated carbocycles. The van der Waals surface area contributed by atoms with E-state index >= 15 is 0 Å². The topological polar surface area (TPSA) is 94.6 Å². The van der Waals surface area contributed by atoms with Gasteiger partial charge >= 0.3 is 0 Å². The second kappa shape index (κ2) is 13.5. The highest BCUT2D eigenvalue weighted by atomic mass is 35.5. The van der Waals surface area contributed by atoms with E-state index in [0.29, 0.717) is 36.6 Å². The second-order valence-electron chi connectivity index (χ2n) is 9.93. The Bertz CT molecular complexity index is 1310. The Hall–Kier alpha value is -3.82. The number of amides is 3. The highest BCUT2D eigenvalue weighted by molar-refractivity contribution is 6.30. The van der Waals surface area contributed by atoms with Crippen LogP contribution in [0.25, 0.3) is 0 Å². The Morgan fingerprint density at radius 2 is 1.60 bits per heavy atom. The zero-order valence-corrected chi connectivity index (χ0v) is 23.3. The number of rotatable bonds is 9. The van der Waals surface area contributed by atoms with Crippen molar-refractivity contribution in [2.45, 2.75) is 37.9 Å². The maximum atomic E-state index is 13.9. The number of halogens is 2. The van der Waals surface area contributed by atoms with Crippen molar-refractivity contribution < 1.29 is 18.8 Å². The van der Waals surface area contributed by atoms with Gasteiger partial charge in [0, 0.05) is 62.1 Å². The lowest BCUT2D eigenvalue weighted by atomic mass is 10.00. The van der Waals surface area contributed by atoms with E-state index in [1.54, 1.807) is 48.3 Å². The molecule has 1 fully saturated rings. The Morgan fingerprint density at radius 1 is 0.975 bits per heavy atom. The van der Waals surface area contributed by atoms with E-state index in [0.717, 1.165) is 11.1 Å². The van der Waals surface area contributed by atoms with E-state index in [2.05, 4.69) is 20.5 Å². The fraction of sp³-hybridized carbons (Fsp3) is 0.333. The molecule has 4 rings (SSSR count). The summed E-state index contributed by atoms with van der Waals surface area (Å²) in [6.07, 6.45) is 3.74. The minimum Gasteiger partial charge on any atom is -0.358 e. The number of carbonyl (C=O) groups excluding carboxylic acids is 3. The van der Waals surface area contributed by atoms with Gasteiger partial charge in [-0.05, 0) is 60.9 Å². The van der Waals surface area contributed by atoms with Crippen LogP contribution in [-0.4, -0.2) is 77.3 Å². The number of hydrogen-bond acceptors (Lipinski definition) is 5. The molecule has 40 heavy (non-hydrogen) atoms. The second-order valence-corrected chi connectivity index (χ2v) is 10.4. The Morgan fingerprint density at radius 3 is 2.23 bits per heavy atom. The molecule has 2 heterocycles. The number of carbonyl (C=O) groups is 3. The summed E-state index contributed by atoms with van der Waals surface area (Å²) in [7, 11) is 1.62. The van der Waals surface area contributed by atoms with Crippen LogP contribution in [0, 0.1) is 5.82 Å². The predicted octanol–water partition coefficient (Wildman–Crippen LogP) is 3.11. The smallest absolute Gasteiger partial charge is 0.252 e. The number of nitrogens with one attached hydrogen (secondary N) is 2. The molecule has 0 bridgehead atoms. The van der Waals surface area contributed by atoms with Crippen LogP contribution in [0.5, 0.6) is 0 Å². The molecule has 1 saturated heterocycles. The summed E-state index contributed by atoms with van der Waals surface area (Å²) >= 11 is 6.03. The lowest BCUT2D eigenvalue weighted by molar-refractivity contribution is -0.139. The SMILES string of the molecule is CNC(=O)C(Cc1ccc(Cl)cc1)N1CCN(C(=O)C(Cc2ccc(F)cc2)NC(=O)c2ccncc2)C(C)C1. The minimum atomic E-state index is -0.857. The molecule has 2 N–H and O–H groups in total. The third-order valence-corrected chi connectivity index (χ3v) is 7.43. The first-order valence-corrected chi connectivity index (χ1v) is 13.6. The molecule has 10 heteroatoms. The van der Waals surface area contributed by atoms with E-state index in [1.165, 1.54) is 24.5 Å². The molecule has 3 amide bonds. The molecule has 3 atom stereocenters. The fourth-order valence-electron chi connectivity index (χ4n) is 5.00. The first-order chi connectivity index (χ1) is 19.2. The quantitative estimate of drug-likeness (QED) is 0.416. The van der Waals surface area contributed by atoms with Gasteiger partial charge in [-0.3, -0.25) is 24.3 Å². The highest BCUT2D eigenvalue weighted by Crippen LogP contribution is 2.19. The van der Waals surface area contributed by atoms with E-state index in [9.17, 15) is 18.8 Å². The maximum Gasteiger partial charge on any atom is 0.252 e. The van der Waals surface area contributed by atoms with Crippen LogP contribution in [0.2, 0.25) is 5.02 Å². The molecule has 1 aliphatic rings. The first-order valence-electron chi connectivity index (χ1n) is 13.2. The van der Waals surface area contributed by atoms with Crippen LogP contribution in [0.3, 0.4) is 0 Å². The number of aromatic nitrogens is 1. The maximum absolute atomic E-state index is 13.9. The van der Waals surface area contributed by atoms with Gasteiger partial charge in [-0.15, -0.1) is 0 Å². The van der Waals surface area contributed by atoms with Gasteiger partial charge in [0.1, 0.15) is 11.9 Å². The van der Waals surface area contributed by atoms with Gasteiger partial charge in [-0.1, -0.05) is 35.9 Å². The zero-order chi connectivity index (χ0) is 28.6. The van der Waals surface area contributed by atoms with Gasteiger partial charge < -0.3 is 15.5 Å². The standard InChI is InChI=1S/C30H33ClFN5O3/c1-20-19-36(27(29(39)33-2)18-22-3-7-24(31)8-4-22)15-16-37(20)30(40)26(17-21-5-9-25(32)10-6-21)35-28(38)23-11-13-34-14-12-23/h3-14,20,26-27H,15-19H2,1-2H3,(H,33,39)(H,35,38). The third-order valence-electron chi connectivity index (χ3n) is 7.17. The van der Waals surface area contributed by atoms with Crippen molar-refractivity contribution >= 4 is 29.3 Å². The average Bonchev–Trinajstić information content (AvgIpc) is 2.97. The van der Waals surface area contributed by atoms with Gasteiger partial charge in [-0.2, -0.15) is 0 Å². The van der Waals surface area contributed by atoms with Crippen LogP contribution in [0.15, 0.2) is 73.1 Å². The Labute approximate surface area is 238 Å². The Kier molecular flexibility index (Phi) is 9.84. The zero-order valence-electron chi connectivity index (χ0n) is 22.5. The molecule has 3 unspecified atom stereocenters. The number of nitrogens with zero attached hydrogens (tertiary/aromatic N) is 3. The lowest BCUT2D eigenvalue weighted by Gasteiger charge is -2.43. The summed E-state index contributed by atoms with van der Waals surface area (Å²) < 4.78 is 13.5. The first kappa shape index (κ1) is 29.2. The van der Waals surface area contributed by atoms with E-state index < -0.39 is 18.0 Å². The molecular weight excluding hydrogens is 533 g/mol. The number of likely N-dealkylation sites (N-methyl/N-ethyl adjacent to an activating group) is 1. The summed E-state index contributed by atoms with van der Waals surface area (Å²) in [6, 6.07) is 15.0. The molecule has 1 aliphatic heterocycles. The minimum absolute atomic E-state index is 0.0965. The molecule has 2 aromatic carbocycles. The van der Waals surface area contributed by atoms with Crippen LogP contribution in [0.4, 0.5) is 4.39 Å². The lowest BCUT2D eigenvalue weighted by Crippen LogP contribution is -2.62. The van der Waals surface area contributed by atoms with Crippen LogP contribution >= 0.6 is 11.6 Å². The van der Waals surface area contributed by atoms with Crippen molar-refractivity contribution in [2.24, 2.45) is 0 Å². The number of benzene rings is 2. The van der Waals surface area contributed by atoms with Crippen LogP contribution < -0.4 is 10.6 Å². The summed E-state index contributed by atoms with van der Waals surface area (Å²) in [5.74, 6) is -1.09. The molecule has 0 radical (unpaired) electrons. The van der Waals surface area contributed by atoms with Crippen molar-refractivity contribution in [1.29, 1.82) is 0 Å². The van der Waals surface area contributed by atoms with Crippen molar-refractivity contribution in [3.05, 3.63) is 101 Å². The number of pyridine rings is 1. The van der Waals surface area contributed by atoms with E-state index in [4.69, 9.17) is 11.6 Å². The normalized spacial score (nSPS) is 17.1. The predicted molar refractivity (Wildman–Crippen MR) is 151 cm³/mol. The summed E-state index contributed by atoms with van der Waals surface area (Å²) in [5, 5.41) is 6.27. The summed E-state index contributed by atoms with van der Waals surface area (Å²) in [6.45, 7) is 3.30. The van der Waals surface area contributed by atoms with Gasteiger partial charge in [-0.25, -0.2) is 4.39 Å². The van der Waals surface area contributed by atoms with Crippen molar-refractivity contribution in [3.63, 3.8) is 0 Å². The molecule has 0 aliphatic carbocycles. The molecule has 0 spiro atoms. The van der Waals surface area contributed by atoms with E-state index in [1.807, 2.05) is 19.1 Å². The summed E-state index contributed by atoms with van der Waals surface area (Å²) in [4.78, 5) is 47.5. The summed E-state index contributed by atoms with van der Waals surface area (Å²) in [5.41, 5.74) is 2.10.